The molecule has 0 aliphatic rings. The lowest BCUT2D eigenvalue weighted by atomic mass is 10.2. The summed E-state index contributed by atoms with van der Waals surface area (Å²) in [5, 5.41) is 0. The van der Waals surface area contributed by atoms with E-state index in [9.17, 15) is 12.8 Å². The number of hydrogen-bond donors (Lipinski definition) is 3. The Kier molecular flexibility index (Phi) is 4.23. The van der Waals surface area contributed by atoms with Gasteiger partial charge in [0, 0.05) is 6.54 Å². The second-order valence-electron chi connectivity index (χ2n) is 3.84. The van der Waals surface area contributed by atoms with E-state index in [2.05, 4.69) is 20.1 Å². The standard InChI is InChI=1S/C11H12FN5O2S/c12-9-3-1-8(2-4-9)5-16-20(18,19)10-6-14-11(17-13)15-7-10/h1-4,6-7,16H,5,13H2,(H,14,15,17). The molecular weight excluding hydrogens is 285 g/mol. The van der Waals surface area contributed by atoms with E-state index in [4.69, 9.17) is 5.84 Å². The highest BCUT2D eigenvalue weighted by molar-refractivity contribution is 7.89. The van der Waals surface area contributed by atoms with Crippen molar-refractivity contribution >= 4 is 16.0 Å². The van der Waals surface area contributed by atoms with E-state index in [0.717, 1.165) is 12.4 Å². The Balaban J connectivity index is 2.08. The Morgan fingerprint density at radius 3 is 2.30 bits per heavy atom. The molecule has 0 atom stereocenters. The topological polar surface area (TPSA) is 110 Å². The van der Waals surface area contributed by atoms with Crippen LogP contribution in [0.1, 0.15) is 5.56 Å². The maximum Gasteiger partial charge on any atom is 0.243 e. The molecule has 0 spiro atoms. The number of rotatable bonds is 5. The largest absolute Gasteiger partial charge is 0.292 e. The lowest BCUT2D eigenvalue weighted by Crippen LogP contribution is -2.23. The van der Waals surface area contributed by atoms with Gasteiger partial charge in [-0.3, -0.25) is 5.43 Å². The number of sulfonamides is 1. The van der Waals surface area contributed by atoms with E-state index < -0.39 is 10.0 Å². The fourth-order valence-electron chi connectivity index (χ4n) is 1.39. The number of hydrazine groups is 1. The van der Waals surface area contributed by atoms with Crippen molar-refractivity contribution in [3.63, 3.8) is 0 Å². The van der Waals surface area contributed by atoms with Gasteiger partial charge < -0.3 is 0 Å². The number of nitrogens with two attached hydrogens (primary N) is 1. The fraction of sp³-hybridized carbons (Fsp3) is 0.0909. The number of hydrogen-bond acceptors (Lipinski definition) is 6. The molecule has 9 heteroatoms. The first-order valence-electron chi connectivity index (χ1n) is 5.54. The Hall–Kier alpha value is -2.10. The van der Waals surface area contributed by atoms with Crippen LogP contribution >= 0.6 is 0 Å². The molecule has 0 saturated carbocycles. The Bertz CT molecular complexity index is 673. The molecule has 0 aliphatic heterocycles. The van der Waals surface area contributed by atoms with E-state index in [1.165, 1.54) is 24.3 Å². The van der Waals surface area contributed by atoms with Crippen molar-refractivity contribution in [1.82, 2.24) is 14.7 Å². The number of nitrogen functional groups attached to an aromatic ring is 1. The first kappa shape index (κ1) is 14.3. The highest BCUT2D eigenvalue weighted by atomic mass is 32.2. The van der Waals surface area contributed by atoms with Gasteiger partial charge in [0.1, 0.15) is 10.7 Å². The smallest absolute Gasteiger partial charge is 0.243 e. The number of halogens is 1. The molecule has 1 aromatic carbocycles. The van der Waals surface area contributed by atoms with Crippen molar-refractivity contribution in [3.8, 4) is 0 Å². The summed E-state index contributed by atoms with van der Waals surface area (Å²) in [4.78, 5) is 7.34. The summed E-state index contributed by atoms with van der Waals surface area (Å²) in [6, 6.07) is 5.51. The summed E-state index contributed by atoms with van der Waals surface area (Å²) in [6.07, 6.45) is 2.27. The van der Waals surface area contributed by atoms with Gasteiger partial charge in [-0.15, -0.1) is 0 Å². The Morgan fingerprint density at radius 2 is 1.75 bits per heavy atom. The van der Waals surface area contributed by atoms with Gasteiger partial charge in [-0.1, -0.05) is 12.1 Å². The SMILES string of the molecule is NNc1ncc(S(=O)(=O)NCc2ccc(F)cc2)cn1. The molecule has 106 valence electrons. The van der Waals surface area contributed by atoms with Crippen LogP contribution in [0.4, 0.5) is 10.3 Å². The fourth-order valence-corrected chi connectivity index (χ4v) is 2.30. The van der Waals surface area contributed by atoms with Crippen molar-refractivity contribution in [1.29, 1.82) is 0 Å². The van der Waals surface area contributed by atoms with Gasteiger partial charge in [0.2, 0.25) is 16.0 Å². The third-order valence-electron chi connectivity index (χ3n) is 2.45. The van der Waals surface area contributed by atoms with E-state index in [1.807, 2.05) is 0 Å². The number of aromatic nitrogens is 2. The maximum absolute atomic E-state index is 12.7. The molecule has 7 nitrogen and oxygen atoms in total. The van der Waals surface area contributed by atoms with Gasteiger partial charge in [-0.05, 0) is 17.7 Å². The minimum Gasteiger partial charge on any atom is -0.292 e. The maximum atomic E-state index is 12.7. The zero-order chi connectivity index (χ0) is 14.6. The molecule has 0 unspecified atom stereocenters. The average Bonchev–Trinajstić information content (AvgIpc) is 2.47. The zero-order valence-electron chi connectivity index (χ0n) is 10.2. The number of anilines is 1. The minimum atomic E-state index is -3.73. The Labute approximate surface area is 115 Å². The summed E-state index contributed by atoms with van der Waals surface area (Å²) in [5.74, 6) is 4.82. The lowest BCUT2D eigenvalue weighted by Gasteiger charge is -2.06. The van der Waals surface area contributed by atoms with Crippen LogP contribution in [0.5, 0.6) is 0 Å². The summed E-state index contributed by atoms with van der Waals surface area (Å²) >= 11 is 0. The number of benzene rings is 1. The van der Waals surface area contributed by atoms with Crippen LogP contribution in [0.2, 0.25) is 0 Å². The molecule has 0 bridgehead atoms. The van der Waals surface area contributed by atoms with Crippen molar-refractivity contribution in [3.05, 3.63) is 48.0 Å². The lowest BCUT2D eigenvalue weighted by molar-refractivity contribution is 0.580. The van der Waals surface area contributed by atoms with Crippen molar-refractivity contribution in [2.45, 2.75) is 11.4 Å². The van der Waals surface area contributed by atoms with Gasteiger partial charge in [-0.25, -0.2) is 33.3 Å². The third-order valence-corrected chi connectivity index (χ3v) is 3.80. The van der Waals surface area contributed by atoms with E-state index in [0.29, 0.717) is 5.56 Å². The molecule has 20 heavy (non-hydrogen) atoms. The molecule has 2 aromatic rings. The van der Waals surface area contributed by atoms with E-state index >= 15 is 0 Å². The monoisotopic (exact) mass is 297 g/mol. The third kappa shape index (κ3) is 3.47. The molecule has 0 saturated heterocycles. The second kappa shape index (κ2) is 5.90. The predicted octanol–water partition coefficient (Wildman–Crippen LogP) is 0.380. The molecule has 0 fully saturated rings. The molecule has 0 aliphatic carbocycles. The summed E-state index contributed by atoms with van der Waals surface area (Å²) in [5.41, 5.74) is 2.83. The van der Waals surface area contributed by atoms with Crippen molar-refractivity contribution in [2.24, 2.45) is 5.84 Å². The quantitative estimate of drug-likeness (QED) is 0.543. The normalized spacial score (nSPS) is 11.3. The molecule has 2 rings (SSSR count). The molecule has 4 N–H and O–H groups in total. The van der Waals surface area contributed by atoms with Gasteiger partial charge in [0.05, 0.1) is 12.4 Å². The first-order chi connectivity index (χ1) is 9.51. The predicted molar refractivity (Wildman–Crippen MR) is 70.3 cm³/mol. The van der Waals surface area contributed by atoms with Gasteiger partial charge >= 0.3 is 0 Å². The van der Waals surface area contributed by atoms with Gasteiger partial charge in [0.15, 0.2) is 0 Å². The second-order valence-corrected chi connectivity index (χ2v) is 5.60. The van der Waals surface area contributed by atoms with Crippen LogP contribution in [-0.4, -0.2) is 18.4 Å². The van der Waals surface area contributed by atoms with E-state index in [1.54, 1.807) is 0 Å². The van der Waals surface area contributed by atoms with Crippen LogP contribution in [0.25, 0.3) is 0 Å². The number of nitrogens with one attached hydrogen (secondary N) is 2. The summed E-state index contributed by atoms with van der Waals surface area (Å²) < 4.78 is 39.0. The molecule has 1 aromatic heterocycles. The van der Waals surface area contributed by atoms with Gasteiger partial charge in [-0.2, -0.15) is 0 Å². The Morgan fingerprint density at radius 1 is 1.15 bits per heavy atom. The minimum absolute atomic E-state index is 0.0412. The molecule has 0 amide bonds. The molecule has 1 heterocycles. The molecule has 0 radical (unpaired) electrons. The van der Waals surface area contributed by atoms with Gasteiger partial charge in [0.25, 0.3) is 0 Å². The highest BCUT2D eigenvalue weighted by Gasteiger charge is 2.14. The summed E-state index contributed by atoms with van der Waals surface area (Å²) in [6.45, 7) is 0.0412. The van der Waals surface area contributed by atoms with Crippen molar-refractivity contribution < 1.29 is 12.8 Å². The zero-order valence-corrected chi connectivity index (χ0v) is 11.1. The first-order valence-corrected chi connectivity index (χ1v) is 7.02. The average molecular weight is 297 g/mol. The van der Waals surface area contributed by atoms with Crippen LogP contribution in [0.15, 0.2) is 41.6 Å². The van der Waals surface area contributed by atoms with E-state index in [-0.39, 0.29) is 23.2 Å². The van der Waals surface area contributed by atoms with Crippen LogP contribution in [0, 0.1) is 5.82 Å². The van der Waals surface area contributed by atoms with Crippen LogP contribution in [-0.2, 0) is 16.6 Å². The van der Waals surface area contributed by atoms with Crippen LogP contribution < -0.4 is 16.0 Å². The number of nitrogens with zero attached hydrogens (tertiary/aromatic N) is 2. The van der Waals surface area contributed by atoms with Crippen LogP contribution in [0.3, 0.4) is 0 Å². The molecular formula is C11H12FN5O2S. The summed E-state index contributed by atoms with van der Waals surface area (Å²) in [7, 11) is -3.73. The highest BCUT2D eigenvalue weighted by Crippen LogP contribution is 2.08. The van der Waals surface area contributed by atoms with Crippen molar-refractivity contribution in [2.75, 3.05) is 5.43 Å².